The molecule has 3 amide bonds. The Balaban J connectivity index is 1.38. The molecule has 7 heteroatoms. The number of carbonyl (C=O) groups is 3. The molecular weight excluding hydrogens is 402 g/mol. The Morgan fingerprint density at radius 2 is 1.77 bits per heavy atom. The van der Waals surface area contributed by atoms with E-state index >= 15 is 0 Å². The number of rotatable bonds is 4. The highest BCUT2D eigenvalue weighted by Gasteiger charge is 2.44. The number of aryl methyl sites for hydroxylation is 1. The van der Waals surface area contributed by atoms with Gasteiger partial charge in [0, 0.05) is 16.6 Å². The second kappa shape index (κ2) is 8.58. The van der Waals surface area contributed by atoms with E-state index in [1.54, 1.807) is 12.1 Å². The maximum Gasteiger partial charge on any atom is 0.251 e. The Labute approximate surface area is 180 Å². The van der Waals surface area contributed by atoms with Crippen LogP contribution in [0.15, 0.2) is 48.5 Å². The summed E-state index contributed by atoms with van der Waals surface area (Å²) in [4.78, 5) is 41.4. The lowest BCUT2D eigenvalue weighted by Crippen LogP contribution is -2.47. The minimum Gasteiger partial charge on any atom is -0.326 e. The van der Waals surface area contributed by atoms with E-state index in [1.165, 1.54) is 4.90 Å². The monoisotopic (exact) mass is 425 g/mol. The molecule has 0 unspecified atom stereocenters. The summed E-state index contributed by atoms with van der Waals surface area (Å²) in [7, 11) is 0. The number of para-hydroxylation sites is 1. The van der Waals surface area contributed by atoms with Gasteiger partial charge in [-0.1, -0.05) is 35.9 Å². The fourth-order valence-electron chi connectivity index (χ4n) is 4.13. The zero-order valence-electron chi connectivity index (χ0n) is 16.8. The van der Waals surface area contributed by atoms with E-state index in [0.29, 0.717) is 36.6 Å². The van der Waals surface area contributed by atoms with E-state index < -0.39 is 6.04 Å². The van der Waals surface area contributed by atoms with E-state index in [0.717, 1.165) is 11.3 Å². The molecule has 0 spiro atoms. The normalized spacial score (nSPS) is 20.6. The van der Waals surface area contributed by atoms with Crippen molar-refractivity contribution >= 4 is 40.7 Å². The summed E-state index contributed by atoms with van der Waals surface area (Å²) < 4.78 is 0. The number of hydrogen-bond acceptors (Lipinski definition) is 4. The lowest BCUT2D eigenvalue weighted by Gasteiger charge is -2.34. The average molecular weight is 426 g/mol. The summed E-state index contributed by atoms with van der Waals surface area (Å²) in [6, 6.07) is 14.1. The number of nitrogens with zero attached hydrogens (tertiary/aromatic N) is 2. The lowest BCUT2D eigenvalue weighted by molar-refractivity contribution is -0.123. The number of imide groups is 1. The van der Waals surface area contributed by atoms with Crippen molar-refractivity contribution in [2.45, 2.75) is 32.2 Å². The summed E-state index contributed by atoms with van der Waals surface area (Å²) >= 11 is 6.18. The van der Waals surface area contributed by atoms with Gasteiger partial charge in [-0.3, -0.25) is 19.3 Å². The molecule has 6 nitrogen and oxygen atoms in total. The molecule has 2 aliphatic rings. The fraction of sp³-hybridized carbons (Fsp3) is 0.348. The quantitative estimate of drug-likeness (QED) is 0.759. The van der Waals surface area contributed by atoms with Crippen molar-refractivity contribution < 1.29 is 14.4 Å². The van der Waals surface area contributed by atoms with Crippen molar-refractivity contribution in [3.8, 4) is 0 Å². The second-order valence-corrected chi connectivity index (χ2v) is 8.29. The first-order chi connectivity index (χ1) is 14.4. The van der Waals surface area contributed by atoms with Crippen molar-refractivity contribution in [3.63, 3.8) is 0 Å². The van der Waals surface area contributed by atoms with Gasteiger partial charge in [0.1, 0.15) is 0 Å². The van der Waals surface area contributed by atoms with Gasteiger partial charge in [0.15, 0.2) is 0 Å². The molecule has 1 atom stereocenters. The SMILES string of the molecule is Cc1ccc(N2C(=O)C[C@H](N3CCC(C(=O)Nc4ccccc4)CC3)C2=O)cc1Cl. The van der Waals surface area contributed by atoms with Crippen LogP contribution in [-0.4, -0.2) is 41.8 Å². The van der Waals surface area contributed by atoms with Crippen LogP contribution in [0.3, 0.4) is 0 Å². The van der Waals surface area contributed by atoms with E-state index in [-0.39, 0.29) is 30.1 Å². The molecule has 2 saturated heterocycles. The number of piperidine rings is 1. The number of anilines is 2. The van der Waals surface area contributed by atoms with Gasteiger partial charge in [-0.2, -0.15) is 0 Å². The molecule has 1 N–H and O–H groups in total. The molecule has 2 fully saturated rings. The highest BCUT2D eigenvalue weighted by molar-refractivity contribution is 6.32. The van der Waals surface area contributed by atoms with Gasteiger partial charge in [0.05, 0.1) is 18.2 Å². The summed E-state index contributed by atoms with van der Waals surface area (Å²) in [5.41, 5.74) is 2.20. The summed E-state index contributed by atoms with van der Waals surface area (Å²) in [5, 5.41) is 3.48. The minimum absolute atomic E-state index is 0.00518. The van der Waals surface area contributed by atoms with Gasteiger partial charge < -0.3 is 5.32 Å². The standard InChI is InChI=1S/C23H24ClN3O3/c1-15-7-8-18(13-19(15)24)27-21(28)14-20(23(27)30)26-11-9-16(10-12-26)22(29)25-17-5-3-2-4-6-17/h2-8,13,16,20H,9-12,14H2,1H3,(H,25,29)/t20-/m0/s1. The Hall–Kier alpha value is -2.70. The highest BCUT2D eigenvalue weighted by atomic mass is 35.5. The third-order valence-corrected chi connectivity index (χ3v) is 6.33. The van der Waals surface area contributed by atoms with Crippen molar-refractivity contribution in [2.75, 3.05) is 23.3 Å². The number of halogens is 1. The highest BCUT2D eigenvalue weighted by Crippen LogP contribution is 2.31. The van der Waals surface area contributed by atoms with Gasteiger partial charge in [0.25, 0.3) is 5.91 Å². The van der Waals surface area contributed by atoms with Crippen LogP contribution in [0.1, 0.15) is 24.8 Å². The molecule has 0 bridgehead atoms. The molecule has 0 saturated carbocycles. The number of hydrogen-bond donors (Lipinski definition) is 1. The lowest BCUT2D eigenvalue weighted by atomic mass is 9.94. The molecule has 0 aromatic heterocycles. The molecule has 2 aromatic rings. The van der Waals surface area contributed by atoms with Crippen molar-refractivity contribution in [1.82, 2.24) is 4.90 Å². The number of nitrogens with one attached hydrogen (secondary N) is 1. The molecular formula is C23H24ClN3O3. The zero-order chi connectivity index (χ0) is 21.3. The Kier molecular flexibility index (Phi) is 5.88. The van der Waals surface area contributed by atoms with Crippen LogP contribution in [0, 0.1) is 12.8 Å². The Morgan fingerprint density at radius 3 is 2.43 bits per heavy atom. The molecule has 2 aromatic carbocycles. The van der Waals surface area contributed by atoms with Crippen molar-refractivity contribution in [3.05, 3.63) is 59.1 Å². The van der Waals surface area contributed by atoms with Gasteiger partial charge in [-0.15, -0.1) is 0 Å². The predicted octanol–water partition coefficient (Wildman–Crippen LogP) is 3.63. The largest absolute Gasteiger partial charge is 0.326 e. The molecule has 4 rings (SSSR count). The van der Waals surface area contributed by atoms with E-state index in [1.807, 2.05) is 48.2 Å². The zero-order valence-corrected chi connectivity index (χ0v) is 17.6. The van der Waals surface area contributed by atoms with Crippen LogP contribution in [0.25, 0.3) is 0 Å². The second-order valence-electron chi connectivity index (χ2n) is 7.89. The third kappa shape index (κ3) is 4.11. The number of benzene rings is 2. The Morgan fingerprint density at radius 1 is 1.07 bits per heavy atom. The topological polar surface area (TPSA) is 69.7 Å². The van der Waals surface area contributed by atoms with E-state index in [9.17, 15) is 14.4 Å². The molecule has 30 heavy (non-hydrogen) atoms. The molecule has 0 radical (unpaired) electrons. The smallest absolute Gasteiger partial charge is 0.251 e. The van der Waals surface area contributed by atoms with Gasteiger partial charge in [0.2, 0.25) is 11.8 Å². The van der Waals surface area contributed by atoms with Gasteiger partial charge in [-0.25, -0.2) is 4.90 Å². The van der Waals surface area contributed by atoms with Crippen LogP contribution in [-0.2, 0) is 14.4 Å². The van der Waals surface area contributed by atoms with Crippen molar-refractivity contribution in [2.24, 2.45) is 5.92 Å². The first-order valence-electron chi connectivity index (χ1n) is 10.2. The van der Waals surface area contributed by atoms with Gasteiger partial charge >= 0.3 is 0 Å². The summed E-state index contributed by atoms with van der Waals surface area (Å²) in [6.45, 7) is 3.10. The molecule has 2 aliphatic heterocycles. The number of carbonyl (C=O) groups excluding carboxylic acids is 3. The first kappa shape index (κ1) is 20.6. The van der Waals surface area contributed by atoms with Crippen LogP contribution in [0.4, 0.5) is 11.4 Å². The predicted molar refractivity (Wildman–Crippen MR) is 116 cm³/mol. The maximum atomic E-state index is 13.0. The van der Waals surface area contributed by atoms with Gasteiger partial charge in [-0.05, 0) is 62.7 Å². The minimum atomic E-state index is -0.476. The van der Waals surface area contributed by atoms with E-state index in [2.05, 4.69) is 5.32 Å². The van der Waals surface area contributed by atoms with Crippen LogP contribution < -0.4 is 10.2 Å². The first-order valence-corrected chi connectivity index (χ1v) is 10.5. The number of amides is 3. The Bertz CT molecular complexity index is 971. The molecule has 156 valence electrons. The van der Waals surface area contributed by atoms with Crippen molar-refractivity contribution in [1.29, 1.82) is 0 Å². The average Bonchev–Trinajstić information content (AvgIpc) is 3.05. The third-order valence-electron chi connectivity index (χ3n) is 5.92. The summed E-state index contributed by atoms with van der Waals surface area (Å²) in [6.07, 6.45) is 1.48. The fourth-order valence-corrected chi connectivity index (χ4v) is 4.31. The van der Waals surface area contributed by atoms with E-state index in [4.69, 9.17) is 11.6 Å². The van der Waals surface area contributed by atoms with Crippen LogP contribution in [0.2, 0.25) is 5.02 Å². The van der Waals surface area contributed by atoms with Crippen LogP contribution in [0.5, 0.6) is 0 Å². The number of likely N-dealkylation sites (tertiary alicyclic amines) is 1. The molecule has 0 aliphatic carbocycles. The maximum absolute atomic E-state index is 13.0. The van der Waals surface area contributed by atoms with Crippen LogP contribution >= 0.6 is 11.6 Å². The molecule has 2 heterocycles. The summed E-state index contributed by atoms with van der Waals surface area (Å²) in [5.74, 6) is -0.521.